The maximum atomic E-state index is 13.8. The summed E-state index contributed by atoms with van der Waals surface area (Å²) in [7, 11) is 1.24. The van der Waals surface area contributed by atoms with Crippen molar-refractivity contribution in [1.29, 1.82) is 0 Å². The van der Waals surface area contributed by atoms with Crippen LogP contribution in [-0.4, -0.2) is 38.2 Å². The molecule has 0 saturated carbocycles. The predicted molar refractivity (Wildman–Crippen MR) is 115 cm³/mol. The van der Waals surface area contributed by atoms with Crippen LogP contribution >= 0.6 is 11.8 Å². The molecule has 3 aromatic heterocycles. The molecule has 4 aromatic rings. The van der Waals surface area contributed by atoms with Gasteiger partial charge >= 0.3 is 5.97 Å². The number of fused-ring (bicyclic) bond motifs is 1. The quantitative estimate of drug-likeness (QED) is 0.272. The topological polar surface area (TPSA) is 124 Å². The monoisotopic (exact) mass is 455 g/mol. The number of benzene rings is 1. The minimum Gasteiger partial charge on any atom is -0.465 e. The van der Waals surface area contributed by atoms with Gasteiger partial charge in [-0.15, -0.1) is 0 Å². The van der Waals surface area contributed by atoms with Crippen molar-refractivity contribution in [2.75, 3.05) is 7.11 Å². The molecule has 11 heteroatoms. The average Bonchev–Trinajstić information content (AvgIpc) is 3.24. The molecule has 0 aliphatic rings. The first-order chi connectivity index (χ1) is 15.3. The number of nitrogens with one attached hydrogen (secondary N) is 1. The number of thioether (sulfide) groups is 1. The molecule has 1 atom stereocenters. The molecule has 1 unspecified atom stereocenters. The number of aromatic amines is 1. The van der Waals surface area contributed by atoms with E-state index >= 15 is 0 Å². The largest absolute Gasteiger partial charge is 0.465 e. The van der Waals surface area contributed by atoms with E-state index in [1.54, 1.807) is 32.9 Å². The highest BCUT2D eigenvalue weighted by Gasteiger charge is 2.21. The minimum atomic E-state index is -0.646. The van der Waals surface area contributed by atoms with Gasteiger partial charge in [0.25, 0.3) is 5.56 Å². The normalized spacial score (nSPS) is 12.2. The van der Waals surface area contributed by atoms with Crippen molar-refractivity contribution < 1.29 is 18.4 Å². The summed E-state index contributed by atoms with van der Waals surface area (Å²) < 4.78 is 23.9. The summed E-state index contributed by atoms with van der Waals surface area (Å²) >= 11 is 1.17. The summed E-state index contributed by atoms with van der Waals surface area (Å²) in [5, 5.41) is 3.86. The van der Waals surface area contributed by atoms with Crippen LogP contribution in [0.5, 0.6) is 0 Å². The number of nitrogens with zero attached hydrogens (tertiary/aromatic N) is 4. The highest BCUT2D eigenvalue weighted by Crippen LogP contribution is 2.33. The van der Waals surface area contributed by atoms with E-state index < -0.39 is 11.5 Å². The Morgan fingerprint density at radius 3 is 2.72 bits per heavy atom. The molecular formula is C21H18FN5O4S. The zero-order chi connectivity index (χ0) is 23.0. The number of rotatable bonds is 5. The molecule has 0 bridgehead atoms. The van der Waals surface area contributed by atoms with E-state index in [0.717, 1.165) is 0 Å². The van der Waals surface area contributed by atoms with E-state index in [9.17, 15) is 14.0 Å². The fourth-order valence-electron chi connectivity index (χ4n) is 3.04. The summed E-state index contributed by atoms with van der Waals surface area (Å²) in [5.74, 6) is -0.469. The van der Waals surface area contributed by atoms with E-state index in [1.807, 2.05) is 0 Å². The molecule has 0 spiro atoms. The fraction of sp³-hybridized carbons (Fsp3) is 0.238. The standard InChI is InChI=1S/C21H18FN5O4S/c1-9-5-6-12(8-14(9)22)16-24-19(31-27-16)11(3)32-21-25-17-15(18(28)26-21)13(20(29)30-4)7-10(2)23-17/h5-8,11H,1-4H3,(H,23,25,26,28). The Morgan fingerprint density at radius 1 is 1.22 bits per heavy atom. The number of ether oxygens (including phenoxy) is 1. The third-order valence-corrected chi connectivity index (χ3v) is 5.67. The first-order valence-electron chi connectivity index (χ1n) is 9.53. The molecule has 9 nitrogen and oxygen atoms in total. The Kier molecular flexibility index (Phi) is 5.74. The lowest BCUT2D eigenvalue weighted by atomic mass is 10.1. The molecule has 0 aliphatic carbocycles. The number of carbonyl (C=O) groups excluding carboxylic acids is 1. The number of carbonyl (C=O) groups is 1. The molecule has 3 heterocycles. The number of pyridine rings is 1. The van der Waals surface area contributed by atoms with Crippen LogP contribution in [0.3, 0.4) is 0 Å². The third kappa shape index (κ3) is 4.11. The molecule has 32 heavy (non-hydrogen) atoms. The zero-order valence-corrected chi connectivity index (χ0v) is 18.4. The number of esters is 1. The van der Waals surface area contributed by atoms with Crippen molar-refractivity contribution in [3.63, 3.8) is 0 Å². The smallest absolute Gasteiger partial charge is 0.338 e. The molecule has 0 saturated heterocycles. The van der Waals surface area contributed by atoms with Gasteiger partial charge in [-0.1, -0.05) is 29.1 Å². The maximum absolute atomic E-state index is 13.8. The predicted octanol–water partition coefficient (Wildman–Crippen LogP) is 3.76. The Bertz CT molecular complexity index is 1400. The Hall–Kier alpha value is -3.60. The number of aryl methyl sites for hydroxylation is 2. The molecule has 1 aromatic carbocycles. The van der Waals surface area contributed by atoms with E-state index in [2.05, 4.69) is 25.1 Å². The molecule has 0 amide bonds. The van der Waals surface area contributed by atoms with Crippen molar-refractivity contribution in [2.24, 2.45) is 0 Å². The Balaban J connectivity index is 1.64. The second kappa shape index (κ2) is 8.50. The summed E-state index contributed by atoms with van der Waals surface area (Å²) in [5.41, 5.74) is 1.25. The van der Waals surface area contributed by atoms with Crippen LogP contribution in [0, 0.1) is 19.7 Å². The highest BCUT2D eigenvalue weighted by atomic mass is 32.2. The van der Waals surface area contributed by atoms with Gasteiger partial charge in [0.15, 0.2) is 10.8 Å². The molecule has 0 fully saturated rings. The van der Waals surface area contributed by atoms with Crippen molar-refractivity contribution in [3.8, 4) is 11.4 Å². The van der Waals surface area contributed by atoms with Crippen LogP contribution in [0.25, 0.3) is 22.4 Å². The van der Waals surface area contributed by atoms with E-state index in [0.29, 0.717) is 16.8 Å². The van der Waals surface area contributed by atoms with Crippen LogP contribution in [0.4, 0.5) is 4.39 Å². The van der Waals surface area contributed by atoms with E-state index in [-0.39, 0.29) is 44.5 Å². The second-order valence-electron chi connectivity index (χ2n) is 7.05. The lowest BCUT2D eigenvalue weighted by molar-refractivity contribution is 0.0602. The third-order valence-electron chi connectivity index (χ3n) is 4.70. The van der Waals surface area contributed by atoms with Gasteiger partial charge in [0.2, 0.25) is 11.7 Å². The van der Waals surface area contributed by atoms with Gasteiger partial charge in [-0.25, -0.2) is 19.2 Å². The van der Waals surface area contributed by atoms with Gasteiger partial charge in [0, 0.05) is 11.3 Å². The molecule has 0 radical (unpaired) electrons. The van der Waals surface area contributed by atoms with Crippen LogP contribution in [-0.2, 0) is 4.74 Å². The van der Waals surface area contributed by atoms with Crippen LogP contribution < -0.4 is 5.56 Å². The zero-order valence-electron chi connectivity index (χ0n) is 17.6. The number of H-pyrrole nitrogens is 1. The van der Waals surface area contributed by atoms with Gasteiger partial charge in [-0.2, -0.15) is 4.98 Å². The molecule has 0 aliphatic heterocycles. The number of methoxy groups -OCH3 is 1. The Labute approximate surface area is 185 Å². The number of aromatic nitrogens is 5. The lowest BCUT2D eigenvalue weighted by Gasteiger charge is -2.08. The number of hydrogen-bond donors (Lipinski definition) is 1. The van der Waals surface area contributed by atoms with Gasteiger partial charge in [-0.3, -0.25) is 4.79 Å². The van der Waals surface area contributed by atoms with E-state index in [1.165, 1.54) is 31.0 Å². The fourth-order valence-corrected chi connectivity index (χ4v) is 3.86. The number of hydrogen-bond acceptors (Lipinski definition) is 9. The summed E-state index contributed by atoms with van der Waals surface area (Å²) in [6.07, 6.45) is 0. The Morgan fingerprint density at radius 2 is 2.00 bits per heavy atom. The summed E-state index contributed by atoms with van der Waals surface area (Å²) in [6.45, 7) is 5.16. The minimum absolute atomic E-state index is 0.0564. The van der Waals surface area contributed by atoms with Crippen LogP contribution in [0.2, 0.25) is 0 Å². The molecular weight excluding hydrogens is 437 g/mol. The molecule has 1 N–H and O–H groups in total. The van der Waals surface area contributed by atoms with Gasteiger partial charge in [0.1, 0.15) is 5.82 Å². The van der Waals surface area contributed by atoms with Gasteiger partial charge in [-0.05, 0) is 38.5 Å². The first-order valence-corrected chi connectivity index (χ1v) is 10.4. The van der Waals surface area contributed by atoms with Crippen molar-refractivity contribution in [2.45, 2.75) is 31.2 Å². The molecule has 164 valence electrons. The SMILES string of the molecule is COC(=O)c1cc(C)nc2nc(SC(C)c3nc(-c4ccc(C)c(F)c4)no3)[nH]c(=O)c12. The average molecular weight is 455 g/mol. The summed E-state index contributed by atoms with van der Waals surface area (Å²) in [6, 6.07) is 6.17. The van der Waals surface area contributed by atoms with Crippen molar-refractivity contribution >= 4 is 28.8 Å². The maximum Gasteiger partial charge on any atom is 0.338 e. The van der Waals surface area contributed by atoms with Gasteiger partial charge < -0.3 is 14.2 Å². The first kappa shape index (κ1) is 21.6. The van der Waals surface area contributed by atoms with Gasteiger partial charge in [0.05, 0.1) is 23.3 Å². The van der Waals surface area contributed by atoms with Crippen LogP contribution in [0.15, 0.2) is 38.7 Å². The lowest BCUT2D eigenvalue weighted by Crippen LogP contribution is -2.16. The summed E-state index contributed by atoms with van der Waals surface area (Å²) in [4.78, 5) is 40.4. The molecule has 4 rings (SSSR count). The second-order valence-corrected chi connectivity index (χ2v) is 8.38. The van der Waals surface area contributed by atoms with Crippen molar-refractivity contribution in [1.82, 2.24) is 25.1 Å². The highest BCUT2D eigenvalue weighted by molar-refractivity contribution is 7.99. The number of halogens is 1. The van der Waals surface area contributed by atoms with Crippen LogP contribution in [0.1, 0.15) is 39.7 Å². The van der Waals surface area contributed by atoms with Crippen molar-refractivity contribution in [3.05, 3.63) is 63.1 Å². The van der Waals surface area contributed by atoms with E-state index in [4.69, 9.17) is 9.26 Å².